The fourth-order valence-electron chi connectivity index (χ4n) is 3.14. The van der Waals surface area contributed by atoms with Crippen molar-refractivity contribution >= 4 is 5.91 Å². The van der Waals surface area contributed by atoms with Crippen molar-refractivity contribution in [1.82, 2.24) is 4.90 Å². The van der Waals surface area contributed by atoms with Gasteiger partial charge in [-0.25, -0.2) is 0 Å². The maximum atomic E-state index is 11.9. The van der Waals surface area contributed by atoms with Gasteiger partial charge in [-0.3, -0.25) is 4.79 Å². The topological polar surface area (TPSA) is 46.3 Å². The van der Waals surface area contributed by atoms with Crippen LogP contribution in [-0.4, -0.2) is 29.4 Å². The molecule has 0 atom stereocenters. The Hall–Kier alpha value is -0.570. The molecular formula is C13H24N2O. The molecule has 1 aliphatic carbocycles. The van der Waals surface area contributed by atoms with Gasteiger partial charge in [0.1, 0.15) is 0 Å². The number of carbonyl (C=O) groups is 1. The van der Waals surface area contributed by atoms with Gasteiger partial charge in [0, 0.05) is 19.5 Å². The minimum Gasteiger partial charge on any atom is -0.339 e. The van der Waals surface area contributed by atoms with Crippen molar-refractivity contribution in [1.29, 1.82) is 0 Å². The second kappa shape index (κ2) is 4.74. The number of nitrogens with zero attached hydrogens (tertiary/aromatic N) is 1. The van der Waals surface area contributed by atoms with Crippen LogP contribution in [0.4, 0.5) is 0 Å². The van der Waals surface area contributed by atoms with Crippen LogP contribution in [0.3, 0.4) is 0 Å². The van der Waals surface area contributed by atoms with Crippen LogP contribution in [0.25, 0.3) is 0 Å². The first-order chi connectivity index (χ1) is 7.63. The van der Waals surface area contributed by atoms with E-state index in [4.69, 9.17) is 5.73 Å². The van der Waals surface area contributed by atoms with E-state index in [0.717, 1.165) is 32.4 Å². The molecule has 1 saturated carbocycles. The maximum absolute atomic E-state index is 11.9. The second-order valence-corrected chi connectivity index (χ2v) is 5.72. The summed E-state index contributed by atoms with van der Waals surface area (Å²) in [4.78, 5) is 13.9. The van der Waals surface area contributed by atoms with E-state index in [-0.39, 0.29) is 5.54 Å². The van der Waals surface area contributed by atoms with Gasteiger partial charge in [-0.1, -0.05) is 26.2 Å². The number of hydrogen-bond donors (Lipinski definition) is 1. The highest BCUT2D eigenvalue weighted by molar-refractivity contribution is 5.77. The van der Waals surface area contributed by atoms with Crippen LogP contribution in [0.5, 0.6) is 0 Å². The number of hydrogen-bond acceptors (Lipinski definition) is 2. The van der Waals surface area contributed by atoms with E-state index in [1.807, 2.05) is 4.90 Å². The minimum atomic E-state index is -0.0694. The van der Waals surface area contributed by atoms with E-state index < -0.39 is 0 Å². The third kappa shape index (κ3) is 2.57. The molecule has 0 aromatic heterocycles. The molecule has 0 spiro atoms. The van der Waals surface area contributed by atoms with Crippen molar-refractivity contribution in [2.45, 2.75) is 57.4 Å². The van der Waals surface area contributed by atoms with Crippen LogP contribution < -0.4 is 5.73 Å². The van der Waals surface area contributed by atoms with Crippen molar-refractivity contribution in [3.63, 3.8) is 0 Å². The monoisotopic (exact) mass is 224 g/mol. The number of amides is 1. The zero-order valence-electron chi connectivity index (χ0n) is 10.4. The van der Waals surface area contributed by atoms with E-state index in [0.29, 0.717) is 11.8 Å². The van der Waals surface area contributed by atoms with Crippen molar-refractivity contribution in [3.05, 3.63) is 0 Å². The molecule has 0 aromatic carbocycles. The lowest BCUT2D eigenvalue weighted by molar-refractivity contribution is -0.139. The summed E-state index contributed by atoms with van der Waals surface area (Å²) in [6.45, 7) is 3.72. The molecule has 1 amide bonds. The SMILES string of the molecule is CCCC1(N)CN(C(=O)CC2CCCC2)C1. The highest BCUT2D eigenvalue weighted by atomic mass is 16.2. The van der Waals surface area contributed by atoms with Gasteiger partial charge in [0.25, 0.3) is 0 Å². The average Bonchev–Trinajstić information content (AvgIpc) is 2.66. The highest BCUT2D eigenvalue weighted by Crippen LogP contribution is 2.30. The smallest absolute Gasteiger partial charge is 0.222 e. The Morgan fingerprint density at radius 1 is 1.38 bits per heavy atom. The van der Waals surface area contributed by atoms with E-state index in [2.05, 4.69) is 6.92 Å². The summed E-state index contributed by atoms with van der Waals surface area (Å²) in [5.74, 6) is 0.996. The molecule has 2 fully saturated rings. The van der Waals surface area contributed by atoms with Crippen LogP contribution in [0.2, 0.25) is 0 Å². The first-order valence-electron chi connectivity index (χ1n) is 6.69. The Morgan fingerprint density at radius 2 is 2.00 bits per heavy atom. The molecule has 2 rings (SSSR count). The van der Waals surface area contributed by atoms with Gasteiger partial charge >= 0.3 is 0 Å². The van der Waals surface area contributed by atoms with Crippen molar-refractivity contribution in [2.75, 3.05) is 13.1 Å². The van der Waals surface area contributed by atoms with Gasteiger partial charge in [-0.05, 0) is 25.2 Å². The molecule has 2 aliphatic rings. The molecule has 1 saturated heterocycles. The Bertz CT molecular complexity index is 253. The maximum Gasteiger partial charge on any atom is 0.222 e. The van der Waals surface area contributed by atoms with E-state index >= 15 is 0 Å². The van der Waals surface area contributed by atoms with E-state index in [1.54, 1.807) is 0 Å². The zero-order chi connectivity index (χ0) is 11.6. The Balaban J connectivity index is 1.72. The van der Waals surface area contributed by atoms with Crippen LogP contribution in [-0.2, 0) is 4.79 Å². The van der Waals surface area contributed by atoms with Crippen LogP contribution in [0, 0.1) is 5.92 Å². The minimum absolute atomic E-state index is 0.0694. The summed E-state index contributed by atoms with van der Waals surface area (Å²) in [7, 11) is 0. The van der Waals surface area contributed by atoms with E-state index in [1.165, 1.54) is 25.7 Å². The fraction of sp³-hybridized carbons (Fsp3) is 0.923. The van der Waals surface area contributed by atoms with Crippen molar-refractivity contribution < 1.29 is 4.79 Å². The normalized spacial score (nSPS) is 24.5. The molecule has 3 heteroatoms. The molecule has 1 heterocycles. The third-order valence-electron chi connectivity index (χ3n) is 4.05. The predicted octanol–water partition coefficient (Wildman–Crippen LogP) is 1.91. The molecular weight excluding hydrogens is 200 g/mol. The molecule has 0 radical (unpaired) electrons. The molecule has 16 heavy (non-hydrogen) atoms. The predicted molar refractivity (Wildman–Crippen MR) is 65.0 cm³/mol. The van der Waals surface area contributed by atoms with Crippen molar-refractivity contribution in [2.24, 2.45) is 11.7 Å². The summed E-state index contributed by atoms with van der Waals surface area (Å²) in [6, 6.07) is 0. The van der Waals surface area contributed by atoms with Crippen molar-refractivity contribution in [3.8, 4) is 0 Å². The zero-order valence-corrected chi connectivity index (χ0v) is 10.4. The third-order valence-corrected chi connectivity index (χ3v) is 4.05. The molecule has 3 nitrogen and oxygen atoms in total. The summed E-state index contributed by atoms with van der Waals surface area (Å²) in [5, 5.41) is 0. The Kier molecular flexibility index (Phi) is 3.53. The Labute approximate surface area is 98.4 Å². The first kappa shape index (κ1) is 11.9. The number of likely N-dealkylation sites (tertiary alicyclic amines) is 1. The standard InChI is InChI=1S/C13H24N2O/c1-2-7-13(14)9-15(10-13)12(16)8-11-5-3-4-6-11/h11H,2-10,14H2,1H3. The fourth-order valence-corrected chi connectivity index (χ4v) is 3.14. The summed E-state index contributed by atoms with van der Waals surface area (Å²) >= 11 is 0. The molecule has 2 N–H and O–H groups in total. The van der Waals surface area contributed by atoms with Gasteiger partial charge in [0.15, 0.2) is 0 Å². The second-order valence-electron chi connectivity index (χ2n) is 5.72. The molecule has 0 unspecified atom stereocenters. The lowest BCUT2D eigenvalue weighted by atomic mass is 9.85. The molecule has 0 bridgehead atoms. The largest absolute Gasteiger partial charge is 0.339 e. The van der Waals surface area contributed by atoms with Gasteiger partial charge in [-0.15, -0.1) is 0 Å². The van der Waals surface area contributed by atoms with Gasteiger partial charge < -0.3 is 10.6 Å². The molecule has 92 valence electrons. The lowest BCUT2D eigenvalue weighted by Crippen LogP contribution is -2.68. The first-order valence-corrected chi connectivity index (χ1v) is 6.69. The van der Waals surface area contributed by atoms with Gasteiger partial charge in [0.2, 0.25) is 5.91 Å². The number of nitrogens with two attached hydrogens (primary N) is 1. The quantitative estimate of drug-likeness (QED) is 0.793. The number of rotatable bonds is 4. The molecule has 0 aromatic rings. The summed E-state index contributed by atoms with van der Waals surface area (Å²) in [5.41, 5.74) is 6.09. The van der Waals surface area contributed by atoms with Crippen LogP contribution in [0.1, 0.15) is 51.9 Å². The lowest BCUT2D eigenvalue weighted by Gasteiger charge is -2.48. The van der Waals surface area contributed by atoms with E-state index in [9.17, 15) is 4.79 Å². The highest BCUT2D eigenvalue weighted by Gasteiger charge is 2.41. The number of carbonyl (C=O) groups excluding carboxylic acids is 1. The van der Waals surface area contributed by atoms with Crippen LogP contribution >= 0.6 is 0 Å². The summed E-state index contributed by atoms with van der Waals surface area (Å²) in [6.07, 6.45) is 8.05. The average molecular weight is 224 g/mol. The molecule has 1 aliphatic heterocycles. The Morgan fingerprint density at radius 3 is 2.56 bits per heavy atom. The summed E-state index contributed by atoms with van der Waals surface area (Å²) < 4.78 is 0. The van der Waals surface area contributed by atoms with Crippen LogP contribution in [0.15, 0.2) is 0 Å². The van der Waals surface area contributed by atoms with Gasteiger partial charge in [0.05, 0.1) is 5.54 Å². The van der Waals surface area contributed by atoms with Gasteiger partial charge in [-0.2, -0.15) is 0 Å².